The van der Waals surface area contributed by atoms with E-state index in [0.717, 1.165) is 31.7 Å². The summed E-state index contributed by atoms with van der Waals surface area (Å²) in [6.45, 7) is 1.95. The van der Waals surface area contributed by atoms with E-state index < -0.39 is 11.7 Å². The van der Waals surface area contributed by atoms with Crippen molar-refractivity contribution >= 4 is 34.7 Å². The molecule has 2 aromatic heterocycles. The van der Waals surface area contributed by atoms with E-state index in [1.807, 2.05) is 0 Å². The average Bonchev–Trinajstić information content (AvgIpc) is 2.84. The molecule has 0 bridgehead atoms. The number of nitrogens with zero attached hydrogens (tertiary/aromatic N) is 2. The molecule has 1 fully saturated rings. The normalized spacial score (nSPS) is 17.6. The molecule has 0 aromatic carbocycles. The highest BCUT2D eigenvalue weighted by Gasteiger charge is 2.25. The Morgan fingerprint density at radius 1 is 1.11 bits per heavy atom. The second-order valence-corrected chi connectivity index (χ2v) is 8.32. The molecular formula is C23H35FN8O3. The molecule has 12 heteroatoms. The number of ether oxygens (including phenoxy) is 2. The van der Waals surface area contributed by atoms with Gasteiger partial charge in [-0.1, -0.05) is 12.8 Å². The van der Waals surface area contributed by atoms with Crippen LogP contribution in [-0.2, 0) is 9.47 Å². The van der Waals surface area contributed by atoms with E-state index in [0.29, 0.717) is 43.5 Å². The standard InChI is InChI=1S/C23H35FN8O3/c1-34-11-9-27-18-7-8-28-23(29-10-12-35-2)19(18)31-21-14(20(26)33)13-15(24)22(32-21)30-17-6-4-3-5-16(17)25/h7-8,13,16-17H,3-6,9-12,25H2,1-2H3,(H2,26,33)(H2,27,28,29)(H2,30,31,32). The Morgan fingerprint density at radius 3 is 2.51 bits per heavy atom. The van der Waals surface area contributed by atoms with Crippen LogP contribution in [0.15, 0.2) is 18.3 Å². The summed E-state index contributed by atoms with van der Waals surface area (Å²) in [7, 11) is 3.21. The smallest absolute Gasteiger partial charge is 0.252 e. The number of hydrogen-bond acceptors (Lipinski definition) is 10. The highest BCUT2D eigenvalue weighted by Crippen LogP contribution is 2.33. The van der Waals surface area contributed by atoms with Gasteiger partial charge in [-0.05, 0) is 25.0 Å². The van der Waals surface area contributed by atoms with Gasteiger partial charge in [0.25, 0.3) is 5.91 Å². The molecule has 0 aliphatic heterocycles. The summed E-state index contributed by atoms with van der Waals surface area (Å²) in [5.41, 5.74) is 12.9. The predicted molar refractivity (Wildman–Crippen MR) is 135 cm³/mol. The zero-order valence-corrected chi connectivity index (χ0v) is 20.2. The molecule has 1 amide bonds. The first kappa shape index (κ1) is 26.4. The van der Waals surface area contributed by atoms with Crippen LogP contribution in [0.5, 0.6) is 0 Å². The maximum absolute atomic E-state index is 14.9. The van der Waals surface area contributed by atoms with Crippen molar-refractivity contribution in [3.63, 3.8) is 0 Å². The molecule has 1 aliphatic carbocycles. The summed E-state index contributed by atoms with van der Waals surface area (Å²) >= 11 is 0. The quantitative estimate of drug-likeness (QED) is 0.230. The number of nitrogens with two attached hydrogens (primary N) is 2. The molecule has 3 rings (SSSR count). The SMILES string of the molecule is COCCNc1ccnc(NCCOC)c1Nc1nc(NC2CCCCC2N)c(F)cc1C(N)=O. The lowest BCUT2D eigenvalue weighted by atomic mass is 9.91. The number of primary amides is 1. The second-order valence-electron chi connectivity index (χ2n) is 8.32. The number of aromatic nitrogens is 2. The van der Waals surface area contributed by atoms with Crippen LogP contribution in [0.25, 0.3) is 0 Å². The highest BCUT2D eigenvalue weighted by atomic mass is 19.1. The van der Waals surface area contributed by atoms with Crippen molar-refractivity contribution in [2.75, 3.05) is 61.8 Å². The lowest BCUT2D eigenvalue weighted by Gasteiger charge is -2.30. The second kappa shape index (κ2) is 13.0. The summed E-state index contributed by atoms with van der Waals surface area (Å²) in [6.07, 6.45) is 5.35. The van der Waals surface area contributed by atoms with Crippen molar-refractivity contribution in [3.05, 3.63) is 29.7 Å². The van der Waals surface area contributed by atoms with Crippen LogP contribution in [0.3, 0.4) is 0 Å². The summed E-state index contributed by atoms with van der Waals surface area (Å²) in [5.74, 6) is -0.888. The highest BCUT2D eigenvalue weighted by molar-refractivity contribution is 5.99. The molecule has 2 aromatic rings. The van der Waals surface area contributed by atoms with Crippen molar-refractivity contribution in [2.24, 2.45) is 11.5 Å². The molecule has 1 saturated carbocycles. The number of halogens is 1. The van der Waals surface area contributed by atoms with Crippen LogP contribution in [0, 0.1) is 5.82 Å². The summed E-state index contributed by atoms with van der Waals surface area (Å²) in [6, 6.07) is 2.63. The van der Waals surface area contributed by atoms with Crippen LogP contribution in [0.1, 0.15) is 36.0 Å². The van der Waals surface area contributed by atoms with Gasteiger partial charge in [0.05, 0.1) is 24.5 Å². The molecule has 0 spiro atoms. The van der Waals surface area contributed by atoms with Gasteiger partial charge in [0, 0.05) is 45.6 Å². The van der Waals surface area contributed by atoms with Gasteiger partial charge in [0.1, 0.15) is 11.5 Å². The van der Waals surface area contributed by atoms with E-state index in [4.69, 9.17) is 20.9 Å². The third-order valence-electron chi connectivity index (χ3n) is 5.80. The minimum atomic E-state index is -0.813. The van der Waals surface area contributed by atoms with Gasteiger partial charge in [-0.25, -0.2) is 14.4 Å². The molecule has 192 valence electrons. The number of rotatable bonds is 13. The minimum absolute atomic E-state index is 0.00604. The van der Waals surface area contributed by atoms with Crippen LogP contribution >= 0.6 is 0 Å². The van der Waals surface area contributed by atoms with Gasteiger partial charge in [-0.15, -0.1) is 0 Å². The zero-order chi connectivity index (χ0) is 25.2. The van der Waals surface area contributed by atoms with Gasteiger partial charge >= 0.3 is 0 Å². The topological polar surface area (TPSA) is 161 Å². The van der Waals surface area contributed by atoms with Crippen LogP contribution in [0.4, 0.5) is 33.2 Å². The number of carbonyl (C=O) groups excluding carboxylic acids is 1. The Hall–Kier alpha value is -3.22. The molecule has 35 heavy (non-hydrogen) atoms. The minimum Gasteiger partial charge on any atom is -0.383 e. The van der Waals surface area contributed by atoms with Gasteiger partial charge < -0.3 is 42.2 Å². The fraction of sp³-hybridized carbons (Fsp3) is 0.522. The molecule has 11 nitrogen and oxygen atoms in total. The fourth-order valence-corrected chi connectivity index (χ4v) is 3.93. The molecule has 0 saturated heterocycles. The largest absolute Gasteiger partial charge is 0.383 e. The van der Waals surface area contributed by atoms with Crippen LogP contribution in [-0.4, -0.2) is 68.5 Å². The van der Waals surface area contributed by atoms with E-state index in [9.17, 15) is 9.18 Å². The molecule has 0 radical (unpaired) electrons. The maximum Gasteiger partial charge on any atom is 0.252 e. The van der Waals surface area contributed by atoms with Crippen molar-refractivity contribution < 1.29 is 18.7 Å². The van der Waals surface area contributed by atoms with Gasteiger partial charge in [0.2, 0.25) is 0 Å². The third kappa shape index (κ3) is 7.13. The van der Waals surface area contributed by atoms with E-state index in [2.05, 4.69) is 31.2 Å². The first-order valence-corrected chi connectivity index (χ1v) is 11.7. The van der Waals surface area contributed by atoms with Crippen LogP contribution < -0.4 is 32.7 Å². The monoisotopic (exact) mass is 490 g/mol. The number of nitrogens with one attached hydrogen (secondary N) is 4. The summed E-state index contributed by atoms with van der Waals surface area (Å²) in [4.78, 5) is 21.0. The van der Waals surface area contributed by atoms with Crippen molar-refractivity contribution in [2.45, 2.75) is 37.8 Å². The van der Waals surface area contributed by atoms with E-state index in [1.54, 1.807) is 26.5 Å². The number of methoxy groups -OCH3 is 2. The lowest BCUT2D eigenvalue weighted by molar-refractivity contribution is 0.100. The summed E-state index contributed by atoms with van der Waals surface area (Å²) in [5, 5.41) is 12.7. The molecule has 8 N–H and O–H groups in total. The first-order valence-electron chi connectivity index (χ1n) is 11.7. The molecular weight excluding hydrogens is 455 g/mol. The Balaban J connectivity index is 1.97. The van der Waals surface area contributed by atoms with Crippen molar-refractivity contribution in [3.8, 4) is 0 Å². The molecule has 1 aliphatic rings. The zero-order valence-electron chi connectivity index (χ0n) is 20.2. The van der Waals surface area contributed by atoms with Gasteiger partial charge in [0.15, 0.2) is 17.5 Å². The Kier molecular flexibility index (Phi) is 9.82. The average molecular weight is 491 g/mol. The van der Waals surface area contributed by atoms with E-state index >= 15 is 0 Å². The fourth-order valence-electron chi connectivity index (χ4n) is 3.93. The first-order chi connectivity index (χ1) is 16.9. The predicted octanol–water partition coefficient (Wildman–Crippen LogP) is 2.26. The molecule has 2 atom stereocenters. The number of amides is 1. The van der Waals surface area contributed by atoms with E-state index in [1.165, 1.54) is 0 Å². The van der Waals surface area contributed by atoms with Crippen molar-refractivity contribution in [1.29, 1.82) is 0 Å². The van der Waals surface area contributed by atoms with Gasteiger partial charge in [-0.2, -0.15) is 0 Å². The Morgan fingerprint density at radius 2 is 1.83 bits per heavy atom. The van der Waals surface area contributed by atoms with Crippen molar-refractivity contribution in [1.82, 2.24) is 9.97 Å². The number of pyridine rings is 2. The summed E-state index contributed by atoms with van der Waals surface area (Å²) < 4.78 is 25.2. The Bertz CT molecular complexity index is 965. The van der Waals surface area contributed by atoms with Crippen LogP contribution in [0.2, 0.25) is 0 Å². The molecule has 2 unspecified atom stereocenters. The number of carbonyl (C=O) groups is 1. The number of hydrogen-bond donors (Lipinski definition) is 6. The number of anilines is 5. The lowest BCUT2D eigenvalue weighted by Crippen LogP contribution is -2.43. The van der Waals surface area contributed by atoms with E-state index in [-0.39, 0.29) is 29.3 Å². The third-order valence-corrected chi connectivity index (χ3v) is 5.80. The Labute approximate surface area is 204 Å². The maximum atomic E-state index is 14.9. The van der Waals surface area contributed by atoms with Gasteiger partial charge in [-0.3, -0.25) is 4.79 Å². The molecule has 2 heterocycles.